The number of ketones is 1. The van der Waals surface area contributed by atoms with Crippen molar-refractivity contribution in [2.45, 2.75) is 13.8 Å². The van der Waals surface area contributed by atoms with Crippen LogP contribution in [0.2, 0.25) is 0 Å². The Hall–Kier alpha value is -1.95. The van der Waals surface area contributed by atoms with Crippen LogP contribution in [-0.2, 0) is 4.74 Å². The summed E-state index contributed by atoms with van der Waals surface area (Å²) in [5, 5.41) is 0. The van der Waals surface area contributed by atoms with Gasteiger partial charge in [0.15, 0.2) is 5.78 Å². The molecule has 1 aliphatic rings. The van der Waals surface area contributed by atoms with Gasteiger partial charge in [-0.25, -0.2) is 0 Å². The second kappa shape index (κ2) is 9.12. The third-order valence-electron chi connectivity index (χ3n) is 4.39. The summed E-state index contributed by atoms with van der Waals surface area (Å²) in [5.41, 5.74) is 1.79. The first-order chi connectivity index (χ1) is 12.6. The molecule has 1 fully saturated rings. The topological polar surface area (TPSA) is 38.8 Å². The van der Waals surface area contributed by atoms with Crippen molar-refractivity contribution in [1.82, 2.24) is 4.90 Å². The number of morpholine rings is 1. The molecule has 4 nitrogen and oxygen atoms in total. The molecule has 0 radical (unpaired) electrons. The normalized spacial score (nSPS) is 15.5. The number of rotatable bonds is 7. The summed E-state index contributed by atoms with van der Waals surface area (Å²) in [6, 6.07) is 9.80. The van der Waals surface area contributed by atoms with Crippen LogP contribution in [0.25, 0.3) is 6.08 Å². The summed E-state index contributed by atoms with van der Waals surface area (Å²) in [4.78, 5) is 16.9. The second-order valence-electron chi connectivity index (χ2n) is 6.40. The first kappa shape index (κ1) is 18.8. The van der Waals surface area contributed by atoms with Gasteiger partial charge < -0.3 is 9.47 Å². The molecule has 0 amide bonds. The summed E-state index contributed by atoms with van der Waals surface area (Å²) < 4.78 is 11.1. The number of hydrogen-bond acceptors (Lipinski definition) is 5. The zero-order chi connectivity index (χ0) is 18.4. The Morgan fingerprint density at radius 3 is 2.62 bits per heavy atom. The van der Waals surface area contributed by atoms with Crippen molar-refractivity contribution in [3.8, 4) is 5.75 Å². The highest BCUT2D eigenvalue weighted by atomic mass is 32.1. The number of hydrogen-bond donors (Lipinski definition) is 0. The number of benzene rings is 1. The Bertz CT molecular complexity index is 758. The smallest absolute Gasteiger partial charge is 0.186 e. The molecular formula is C21H25NO3S. The molecule has 0 spiro atoms. The van der Waals surface area contributed by atoms with Gasteiger partial charge in [0, 0.05) is 35.0 Å². The molecule has 1 saturated heterocycles. The average molecular weight is 372 g/mol. The third kappa shape index (κ3) is 5.27. The molecule has 0 atom stereocenters. The van der Waals surface area contributed by atoms with Crippen molar-refractivity contribution in [3.05, 3.63) is 57.3 Å². The van der Waals surface area contributed by atoms with E-state index in [4.69, 9.17) is 9.47 Å². The number of nitrogens with zero attached hydrogens (tertiary/aromatic N) is 1. The standard InChI is InChI=1S/C21H25NO3S/c1-16-15-20(17(2)26-16)21(23)8-5-18-3-6-19(7-4-18)25-14-11-22-9-12-24-13-10-22/h3-8,15H,9-14H2,1-2H3/b8-5+. The van der Waals surface area contributed by atoms with Gasteiger partial charge in [-0.2, -0.15) is 0 Å². The van der Waals surface area contributed by atoms with E-state index in [1.807, 2.05) is 50.3 Å². The lowest BCUT2D eigenvalue weighted by molar-refractivity contribution is 0.0322. The van der Waals surface area contributed by atoms with Crippen LogP contribution in [0.4, 0.5) is 0 Å². The van der Waals surface area contributed by atoms with Crippen molar-refractivity contribution in [2.24, 2.45) is 0 Å². The molecule has 5 heteroatoms. The number of aryl methyl sites for hydroxylation is 2. The second-order valence-corrected chi connectivity index (χ2v) is 7.86. The highest BCUT2D eigenvalue weighted by Crippen LogP contribution is 2.21. The maximum Gasteiger partial charge on any atom is 0.186 e. The summed E-state index contributed by atoms with van der Waals surface area (Å²) in [6.07, 6.45) is 3.50. The Labute approximate surface area is 159 Å². The maximum atomic E-state index is 12.3. The van der Waals surface area contributed by atoms with Crippen molar-refractivity contribution < 1.29 is 14.3 Å². The zero-order valence-corrected chi connectivity index (χ0v) is 16.2. The molecule has 0 aliphatic carbocycles. The van der Waals surface area contributed by atoms with Crippen LogP contribution in [0.5, 0.6) is 5.75 Å². The van der Waals surface area contributed by atoms with Gasteiger partial charge in [0.2, 0.25) is 0 Å². The van der Waals surface area contributed by atoms with Gasteiger partial charge >= 0.3 is 0 Å². The zero-order valence-electron chi connectivity index (χ0n) is 15.4. The largest absolute Gasteiger partial charge is 0.492 e. The number of allylic oxidation sites excluding steroid dienone is 1. The molecule has 1 aromatic carbocycles. The summed E-state index contributed by atoms with van der Waals surface area (Å²) >= 11 is 1.66. The minimum Gasteiger partial charge on any atom is -0.492 e. The first-order valence-electron chi connectivity index (χ1n) is 8.94. The summed E-state index contributed by atoms with van der Waals surface area (Å²) in [5.74, 6) is 0.906. The van der Waals surface area contributed by atoms with Crippen molar-refractivity contribution >= 4 is 23.2 Å². The number of thiophene rings is 1. The first-order valence-corrected chi connectivity index (χ1v) is 9.76. The molecule has 0 saturated carbocycles. The predicted molar refractivity (Wildman–Crippen MR) is 106 cm³/mol. The van der Waals surface area contributed by atoms with E-state index in [-0.39, 0.29) is 5.78 Å². The minimum absolute atomic E-state index is 0.0534. The highest BCUT2D eigenvalue weighted by Gasteiger charge is 2.10. The molecule has 3 rings (SSSR count). The van der Waals surface area contributed by atoms with Gasteiger partial charge in [0.05, 0.1) is 13.2 Å². The molecule has 1 aromatic heterocycles. The van der Waals surface area contributed by atoms with E-state index in [0.717, 1.165) is 59.5 Å². The Morgan fingerprint density at radius 1 is 1.23 bits per heavy atom. The van der Waals surface area contributed by atoms with Crippen molar-refractivity contribution in [2.75, 3.05) is 39.5 Å². The van der Waals surface area contributed by atoms with Crippen LogP contribution in [0.15, 0.2) is 36.4 Å². The van der Waals surface area contributed by atoms with E-state index in [0.29, 0.717) is 6.61 Å². The lowest BCUT2D eigenvalue weighted by Gasteiger charge is -2.26. The quantitative estimate of drug-likeness (QED) is 0.545. The molecule has 2 aromatic rings. The summed E-state index contributed by atoms with van der Waals surface area (Å²) in [7, 11) is 0. The average Bonchev–Trinajstić information content (AvgIpc) is 3.00. The molecule has 138 valence electrons. The molecule has 0 N–H and O–H groups in total. The minimum atomic E-state index is 0.0534. The molecule has 0 bridgehead atoms. The van der Waals surface area contributed by atoms with Crippen LogP contribution in [-0.4, -0.2) is 50.1 Å². The number of carbonyl (C=O) groups excluding carboxylic acids is 1. The molecule has 0 unspecified atom stereocenters. The van der Waals surface area contributed by atoms with Crippen LogP contribution in [0.3, 0.4) is 0 Å². The molecule has 26 heavy (non-hydrogen) atoms. The van der Waals surface area contributed by atoms with Gasteiger partial charge in [-0.1, -0.05) is 18.2 Å². The molecule has 1 aliphatic heterocycles. The Morgan fingerprint density at radius 2 is 1.96 bits per heavy atom. The van der Waals surface area contributed by atoms with E-state index < -0.39 is 0 Å². The van der Waals surface area contributed by atoms with E-state index in [1.165, 1.54) is 0 Å². The van der Waals surface area contributed by atoms with E-state index in [9.17, 15) is 4.79 Å². The maximum absolute atomic E-state index is 12.3. The van der Waals surface area contributed by atoms with E-state index >= 15 is 0 Å². The Kier molecular flexibility index (Phi) is 6.61. The van der Waals surface area contributed by atoms with Crippen molar-refractivity contribution in [3.63, 3.8) is 0 Å². The van der Waals surface area contributed by atoms with Crippen molar-refractivity contribution in [1.29, 1.82) is 0 Å². The molecule has 2 heterocycles. The van der Waals surface area contributed by atoms with E-state index in [2.05, 4.69) is 4.90 Å². The fourth-order valence-electron chi connectivity index (χ4n) is 2.93. The Balaban J connectivity index is 1.49. The van der Waals surface area contributed by atoms with Gasteiger partial charge in [-0.05, 0) is 43.7 Å². The fraction of sp³-hybridized carbons (Fsp3) is 0.381. The van der Waals surface area contributed by atoms with Gasteiger partial charge in [0.1, 0.15) is 12.4 Å². The van der Waals surface area contributed by atoms with Crippen LogP contribution >= 0.6 is 11.3 Å². The monoisotopic (exact) mass is 371 g/mol. The van der Waals surface area contributed by atoms with Gasteiger partial charge in [-0.3, -0.25) is 9.69 Å². The van der Waals surface area contributed by atoms with Gasteiger partial charge in [0.25, 0.3) is 0 Å². The fourth-order valence-corrected chi connectivity index (χ4v) is 3.86. The van der Waals surface area contributed by atoms with Gasteiger partial charge in [-0.15, -0.1) is 11.3 Å². The van der Waals surface area contributed by atoms with Crippen LogP contribution in [0.1, 0.15) is 25.7 Å². The number of ether oxygens (including phenoxy) is 2. The number of carbonyl (C=O) groups is 1. The molecular weight excluding hydrogens is 346 g/mol. The predicted octanol–water partition coefficient (Wildman–Crippen LogP) is 3.97. The summed E-state index contributed by atoms with van der Waals surface area (Å²) in [6.45, 7) is 9.17. The van der Waals surface area contributed by atoms with Crippen LogP contribution < -0.4 is 4.74 Å². The SMILES string of the molecule is Cc1cc(C(=O)/C=C/c2ccc(OCCN3CCOCC3)cc2)c(C)s1. The highest BCUT2D eigenvalue weighted by molar-refractivity contribution is 7.12. The van der Waals surface area contributed by atoms with Crippen LogP contribution in [0, 0.1) is 13.8 Å². The lowest BCUT2D eigenvalue weighted by atomic mass is 10.1. The third-order valence-corrected chi connectivity index (χ3v) is 5.36. The lowest BCUT2D eigenvalue weighted by Crippen LogP contribution is -2.38. The van der Waals surface area contributed by atoms with E-state index in [1.54, 1.807) is 17.4 Å².